The Balaban J connectivity index is 2.06. The number of carbonyl (C=O) groups excluding carboxylic acids is 2. The van der Waals surface area contributed by atoms with Crippen molar-refractivity contribution in [1.82, 2.24) is 15.5 Å². The zero-order valence-electron chi connectivity index (χ0n) is 17.8. The maximum Gasteiger partial charge on any atom is 0.280 e. The van der Waals surface area contributed by atoms with E-state index in [0.717, 1.165) is 0 Å². The summed E-state index contributed by atoms with van der Waals surface area (Å²) in [5.41, 5.74) is 0.0890. The van der Waals surface area contributed by atoms with E-state index in [4.69, 9.17) is 9.47 Å². The van der Waals surface area contributed by atoms with Gasteiger partial charge in [0.15, 0.2) is 11.5 Å². The topological polar surface area (TPSA) is 123 Å². The third-order valence-electron chi connectivity index (χ3n) is 4.95. The SMILES string of the molecule is COc1cc(/C=C(/NC(=O)c2ccccc2)C(=O)N2CCNCC2)c([N+](=O)[O-])cc1OC. The highest BCUT2D eigenvalue weighted by atomic mass is 16.6. The summed E-state index contributed by atoms with van der Waals surface area (Å²) >= 11 is 0. The Hall–Kier alpha value is -3.92. The quantitative estimate of drug-likeness (QED) is 0.382. The molecule has 2 amide bonds. The van der Waals surface area contributed by atoms with Gasteiger partial charge in [0, 0.05) is 31.7 Å². The first kappa shape index (κ1) is 22.8. The first-order valence-corrected chi connectivity index (χ1v) is 9.93. The van der Waals surface area contributed by atoms with Crippen molar-refractivity contribution in [2.75, 3.05) is 40.4 Å². The molecule has 0 aromatic heterocycles. The van der Waals surface area contributed by atoms with Crippen LogP contribution in [0.5, 0.6) is 11.5 Å². The van der Waals surface area contributed by atoms with E-state index < -0.39 is 16.7 Å². The summed E-state index contributed by atoms with van der Waals surface area (Å²) in [6.45, 7) is 2.13. The number of hydrogen-bond acceptors (Lipinski definition) is 7. The molecule has 10 heteroatoms. The molecule has 1 fully saturated rings. The summed E-state index contributed by atoms with van der Waals surface area (Å²) in [5, 5.41) is 17.5. The van der Waals surface area contributed by atoms with Crippen LogP contribution < -0.4 is 20.1 Å². The van der Waals surface area contributed by atoms with Gasteiger partial charge in [-0.3, -0.25) is 19.7 Å². The highest BCUT2D eigenvalue weighted by Gasteiger charge is 2.25. The van der Waals surface area contributed by atoms with Gasteiger partial charge in [0.25, 0.3) is 17.5 Å². The second kappa shape index (κ2) is 10.4. The van der Waals surface area contributed by atoms with Crippen LogP contribution in [-0.4, -0.2) is 62.0 Å². The molecule has 0 unspecified atom stereocenters. The number of ether oxygens (including phenoxy) is 2. The summed E-state index contributed by atoms with van der Waals surface area (Å²) in [7, 11) is 2.78. The van der Waals surface area contributed by atoms with E-state index in [0.29, 0.717) is 31.7 Å². The Morgan fingerprint density at radius 3 is 2.31 bits per heavy atom. The maximum absolute atomic E-state index is 13.2. The number of methoxy groups -OCH3 is 2. The van der Waals surface area contributed by atoms with Crippen molar-refractivity contribution < 1.29 is 24.0 Å². The highest BCUT2D eigenvalue weighted by Crippen LogP contribution is 2.35. The Morgan fingerprint density at radius 2 is 1.72 bits per heavy atom. The molecule has 1 saturated heterocycles. The molecule has 1 aliphatic rings. The number of nitrogens with one attached hydrogen (secondary N) is 2. The van der Waals surface area contributed by atoms with Gasteiger partial charge in [-0.05, 0) is 24.3 Å². The van der Waals surface area contributed by atoms with E-state index >= 15 is 0 Å². The van der Waals surface area contributed by atoms with Crippen LogP contribution in [0.3, 0.4) is 0 Å². The van der Waals surface area contributed by atoms with Gasteiger partial charge < -0.3 is 25.0 Å². The predicted octanol–water partition coefficient (Wildman–Crippen LogP) is 1.81. The van der Waals surface area contributed by atoms with Crippen LogP contribution >= 0.6 is 0 Å². The molecule has 2 aromatic rings. The molecular weight excluding hydrogens is 416 g/mol. The van der Waals surface area contributed by atoms with Gasteiger partial charge in [-0.25, -0.2) is 0 Å². The molecule has 0 spiro atoms. The van der Waals surface area contributed by atoms with Gasteiger partial charge in [-0.1, -0.05) is 18.2 Å². The van der Waals surface area contributed by atoms with Crippen LogP contribution in [0.2, 0.25) is 0 Å². The fraction of sp³-hybridized carbons (Fsp3) is 0.273. The van der Waals surface area contributed by atoms with Gasteiger partial charge >= 0.3 is 0 Å². The number of carbonyl (C=O) groups is 2. The van der Waals surface area contributed by atoms with Crippen LogP contribution in [0.1, 0.15) is 15.9 Å². The van der Waals surface area contributed by atoms with Crippen LogP contribution in [-0.2, 0) is 4.79 Å². The number of amides is 2. The summed E-state index contributed by atoms with van der Waals surface area (Å²) < 4.78 is 10.4. The van der Waals surface area contributed by atoms with Gasteiger partial charge in [-0.15, -0.1) is 0 Å². The summed E-state index contributed by atoms with van der Waals surface area (Å²) in [6, 6.07) is 11.0. The zero-order valence-corrected chi connectivity index (χ0v) is 17.8. The van der Waals surface area contributed by atoms with Crippen LogP contribution in [0.4, 0.5) is 5.69 Å². The number of nitro benzene ring substituents is 1. The Labute approximate surface area is 185 Å². The number of rotatable bonds is 7. The Kier molecular flexibility index (Phi) is 7.40. The molecule has 168 valence electrons. The minimum atomic E-state index is -0.584. The smallest absolute Gasteiger partial charge is 0.280 e. The molecule has 10 nitrogen and oxygen atoms in total. The number of hydrogen-bond donors (Lipinski definition) is 2. The van der Waals surface area contributed by atoms with E-state index in [2.05, 4.69) is 10.6 Å². The van der Waals surface area contributed by atoms with Gasteiger partial charge in [0.2, 0.25) is 0 Å². The molecule has 3 rings (SSSR count). The van der Waals surface area contributed by atoms with Gasteiger partial charge in [0.05, 0.1) is 30.8 Å². The average molecular weight is 440 g/mol. The normalized spacial score (nSPS) is 13.9. The van der Waals surface area contributed by atoms with Crippen molar-refractivity contribution in [2.24, 2.45) is 0 Å². The Bertz CT molecular complexity index is 1030. The molecule has 0 saturated carbocycles. The average Bonchev–Trinajstić information content (AvgIpc) is 2.83. The second-order valence-corrected chi connectivity index (χ2v) is 6.94. The lowest BCUT2D eigenvalue weighted by Crippen LogP contribution is -2.48. The molecular formula is C22H24N4O6. The molecule has 2 aromatic carbocycles. The van der Waals surface area contributed by atoms with Crippen molar-refractivity contribution in [3.05, 3.63) is 69.4 Å². The van der Waals surface area contributed by atoms with Gasteiger partial charge in [-0.2, -0.15) is 0 Å². The van der Waals surface area contributed by atoms with E-state index in [9.17, 15) is 19.7 Å². The molecule has 1 heterocycles. The molecule has 2 N–H and O–H groups in total. The predicted molar refractivity (Wildman–Crippen MR) is 118 cm³/mol. The fourth-order valence-corrected chi connectivity index (χ4v) is 3.29. The molecule has 0 radical (unpaired) electrons. The first-order valence-electron chi connectivity index (χ1n) is 9.93. The minimum Gasteiger partial charge on any atom is -0.493 e. The summed E-state index contributed by atoms with van der Waals surface area (Å²) in [5.74, 6) is -0.490. The van der Waals surface area contributed by atoms with Crippen molar-refractivity contribution in [3.63, 3.8) is 0 Å². The largest absolute Gasteiger partial charge is 0.493 e. The van der Waals surface area contributed by atoms with E-state index in [1.807, 2.05) is 0 Å². The van der Waals surface area contributed by atoms with E-state index in [1.165, 1.54) is 32.4 Å². The van der Waals surface area contributed by atoms with Crippen LogP contribution in [0.25, 0.3) is 6.08 Å². The first-order chi connectivity index (χ1) is 15.4. The zero-order chi connectivity index (χ0) is 23.1. The molecule has 0 bridgehead atoms. The van der Waals surface area contributed by atoms with Crippen molar-refractivity contribution in [3.8, 4) is 11.5 Å². The molecule has 1 aliphatic heterocycles. The van der Waals surface area contributed by atoms with Crippen molar-refractivity contribution >= 4 is 23.6 Å². The minimum absolute atomic E-state index is 0.0731. The summed E-state index contributed by atoms with van der Waals surface area (Å²) in [6.07, 6.45) is 1.30. The number of nitro groups is 1. The van der Waals surface area contributed by atoms with Crippen LogP contribution in [0.15, 0.2) is 48.2 Å². The molecule has 0 atom stereocenters. The number of benzene rings is 2. The summed E-state index contributed by atoms with van der Waals surface area (Å²) in [4.78, 5) is 38.7. The second-order valence-electron chi connectivity index (χ2n) is 6.94. The van der Waals surface area contributed by atoms with E-state index in [-0.39, 0.29) is 28.4 Å². The third-order valence-corrected chi connectivity index (χ3v) is 4.95. The number of piperazine rings is 1. The van der Waals surface area contributed by atoms with E-state index in [1.54, 1.807) is 35.2 Å². The fourth-order valence-electron chi connectivity index (χ4n) is 3.29. The van der Waals surface area contributed by atoms with Crippen molar-refractivity contribution in [1.29, 1.82) is 0 Å². The molecule has 0 aliphatic carbocycles. The van der Waals surface area contributed by atoms with Crippen LogP contribution in [0, 0.1) is 10.1 Å². The lowest BCUT2D eigenvalue weighted by molar-refractivity contribution is -0.385. The number of nitrogens with zero attached hydrogens (tertiary/aromatic N) is 2. The standard InChI is InChI=1S/C22H24N4O6/c1-31-19-13-16(18(26(29)30)14-20(19)32-2)12-17(22(28)25-10-8-23-9-11-25)24-21(27)15-6-4-3-5-7-15/h3-7,12-14,23H,8-11H2,1-2H3,(H,24,27)/b17-12+. The Morgan fingerprint density at radius 1 is 1.09 bits per heavy atom. The maximum atomic E-state index is 13.2. The lowest BCUT2D eigenvalue weighted by atomic mass is 10.1. The van der Waals surface area contributed by atoms with Gasteiger partial charge in [0.1, 0.15) is 5.70 Å². The molecule has 32 heavy (non-hydrogen) atoms. The third kappa shape index (κ3) is 5.22. The lowest BCUT2D eigenvalue weighted by Gasteiger charge is -2.28. The van der Waals surface area contributed by atoms with Crippen molar-refractivity contribution in [2.45, 2.75) is 0 Å². The monoisotopic (exact) mass is 440 g/mol. The highest BCUT2D eigenvalue weighted by molar-refractivity contribution is 6.05.